The molecule has 0 aliphatic heterocycles. The Hall–Kier alpha value is -0.860. The van der Waals surface area contributed by atoms with Crippen molar-refractivity contribution < 1.29 is 5.11 Å². The number of aliphatic hydroxyl groups is 1. The molecule has 0 saturated carbocycles. The fraction of sp³-hybridized carbons (Fsp3) is 0.625. The smallest absolute Gasteiger partial charge is 0.0436 e. The second kappa shape index (κ2) is 6.35. The molecule has 0 saturated heterocycles. The van der Waals surface area contributed by atoms with Gasteiger partial charge in [0.25, 0.3) is 0 Å². The highest BCUT2D eigenvalue weighted by Gasteiger charge is 2.16. The first-order valence-electron chi connectivity index (χ1n) is 6.74. The lowest BCUT2D eigenvalue weighted by Crippen LogP contribution is -2.30. The summed E-state index contributed by atoms with van der Waals surface area (Å²) in [5.41, 5.74) is 5.59. The number of nitrogens with one attached hydrogen (secondary N) is 1. The van der Waals surface area contributed by atoms with Gasteiger partial charge in [-0.05, 0) is 54.9 Å². The Balaban J connectivity index is 2.57. The molecule has 0 amide bonds. The van der Waals surface area contributed by atoms with Crippen molar-refractivity contribution >= 4 is 0 Å². The van der Waals surface area contributed by atoms with Crippen LogP contribution in [0.4, 0.5) is 0 Å². The van der Waals surface area contributed by atoms with Crippen LogP contribution in [-0.4, -0.2) is 18.3 Å². The molecule has 2 heteroatoms. The van der Waals surface area contributed by atoms with Crippen molar-refractivity contribution in [2.24, 2.45) is 5.41 Å². The van der Waals surface area contributed by atoms with Crippen molar-refractivity contribution in [1.29, 1.82) is 0 Å². The van der Waals surface area contributed by atoms with E-state index in [9.17, 15) is 0 Å². The molecule has 0 radical (unpaired) electrons. The second-order valence-corrected chi connectivity index (χ2v) is 6.10. The van der Waals surface area contributed by atoms with Crippen LogP contribution >= 0.6 is 0 Å². The summed E-state index contributed by atoms with van der Waals surface area (Å²) in [5, 5.41) is 12.5. The summed E-state index contributed by atoms with van der Waals surface area (Å²) in [5.74, 6) is 0. The van der Waals surface area contributed by atoms with Crippen molar-refractivity contribution in [3.63, 3.8) is 0 Å². The largest absolute Gasteiger partial charge is 0.396 e. The van der Waals surface area contributed by atoms with Crippen LogP contribution in [0.15, 0.2) is 12.1 Å². The fourth-order valence-corrected chi connectivity index (χ4v) is 2.14. The van der Waals surface area contributed by atoms with Crippen LogP contribution in [0.3, 0.4) is 0 Å². The number of hydrogen-bond donors (Lipinski definition) is 2. The molecule has 1 rings (SSSR count). The zero-order chi connectivity index (χ0) is 13.8. The van der Waals surface area contributed by atoms with Crippen LogP contribution in [0.2, 0.25) is 0 Å². The molecule has 0 heterocycles. The number of benzene rings is 1. The zero-order valence-corrected chi connectivity index (χ0v) is 12.4. The maximum absolute atomic E-state index is 9.00. The lowest BCUT2D eigenvalue weighted by atomic mass is 9.89. The van der Waals surface area contributed by atoms with Gasteiger partial charge in [0.05, 0.1) is 0 Å². The second-order valence-electron chi connectivity index (χ2n) is 6.10. The van der Waals surface area contributed by atoms with Gasteiger partial charge >= 0.3 is 0 Å². The molecule has 1 aromatic carbocycles. The molecule has 0 aliphatic rings. The van der Waals surface area contributed by atoms with Gasteiger partial charge in [0.1, 0.15) is 0 Å². The maximum atomic E-state index is 9.00. The van der Waals surface area contributed by atoms with Crippen molar-refractivity contribution in [2.75, 3.05) is 13.2 Å². The first kappa shape index (κ1) is 15.2. The third kappa shape index (κ3) is 4.43. The first-order chi connectivity index (χ1) is 8.35. The quantitative estimate of drug-likeness (QED) is 0.812. The Kier molecular flexibility index (Phi) is 5.36. The van der Waals surface area contributed by atoms with E-state index in [1.54, 1.807) is 0 Å². The van der Waals surface area contributed by atoms with E-state index in [0.717, 1.165) is 19.5 Å². The average molecular weight is 249 g/mol. The summed E-state index contributed by atoms with van der Waals surface area (Å²) in [4.78, 5) is 0. The molecule has 2 N–H and O–H groups in total. The van der Waals surface area contributed by atoms with Crippen molar-refractivity contribution in [3.8, 4) is 0 Å². The number of aryl methyl sites for hydroxylation is 3. The van der Waals surface area contributed by atoms with Crippen molar-refractivity contribution in [2.45, 2.75) is 47.6 Å². The molecule has 0 aromatic heterocycles. The van der Waals surface area contributed by atoms with Gasteiger partial charge < -0.3 is 10.4 Å². The van der Waals surface area contributed by atoms with Crippen molar-refractivity contribution in [3.05, 3.63) is 34.4 Å². The van der Waals surface area contributed by atoms with Crippen LogP contribution in [0, 0.1) is 26.2 Å². The van der Waals surface area contributed by atoms with Crippen LogP contribution in [-0.2, 0) is 6.54 Å². The Morgan fingerprint density at radius 3 is 2.28 bits per heavy atom. The highest BCUT2D eigenvalue weighted by Crippen LogP contribution is 2.19. The minimum Gasteiger partial charge on any atom is -0.396 e. The fourth-order valence-electron chi connectivity index (χ4n) is 2.14. The summed E-state index contributed by atoms with van der Waals surface area (Å²) in [6.07, 6.45) is 0.839. The molecule has 0 fully saturated rings. The highest BCUT2D eigenvalue weighted by molar-refractivity contribution is 5.36. The molecule has 102 valence electrons. The molecule has 0 bridgehead atoms. The van der Waals surface area contributed by atoms with Gasteiger partial charge in [0.2, 0.25) is 0 Å². The third-order valence-electron chi connectivity index (χ3n) is 3.66. The van der Waals surface area contributed by atoms with Gasteiger partial charge in [-0.3, -0.25) is 0 Å². The Morgan fingerprint density at radius 2 is 1.67 bits per heavy atom. The highest BCUT2D eigenvalue weighted by atomic mass is 16.3. The van der Waals surface area contributed by atoms with E-state index in [-0.39, 0.29) is 12.0 Å². The van der Waals surface area contributed by atoms with Crippen LogP contribution in [0.5, 0.6) is 0 Å². The molecule has 0 spiro atoms. The van der Waals surface area contributed by atoms with E-state index in [0.29, 0.717) is 0 Å². The summed E-state index contributed by atoms with van der Waals surface area (Å²) < 4.78 is 0. The van der Waals surface area contributed by atoms with E-state index in [2.05, 4.69) is 52.1 Å². The Labute approximate surface area is 111 Å². The van der Waals surface area contributed by atoms with Gasteiger partial charge in [-0.1, -0.05) is 26.0 Å². The minimum atomic E-state index is 0.155. The van der Waals surface area contributed by atoms with Gasteiger partial charge in [-0.15, -0.1) is 0 Å². The average Bonchev–Trinajstić information content (AvgIpc) is 2.25. The molecule has 0 unspecified atom stereocenters. The maximum Gasteiger partial charge on any atom is 0.0436 e. The minimum absolute atomic E-state index is 0.155. The van der Waals surface area contributed by atoms with Gasteiger partial charge in [-0.25, -0.2) is 0 Å². The van der Waals surface area contributed by atoms with Crippen LogP contribution in [0.25, 0.3) is 0 Å². The van der Waals surface area contributed by atoms with Gasteiger partial charge in [0.15, 0.2) is 0 Å². The monoisotopic (exact) mass is 249 g/mol. The summed E-state index contributed by atoms with van der Waals surface area (Å²) in [6, 6.07) is 4.53. The van der Waals surface area contributed by atoms with Crippen LogP contribution in [0.1, 0.15) is 42.5 Å². The van der Waals surface area contributed by atoms with E-state index in [4.69, 9.17) is 5.11 Å². The standard InChI is InChI=1S/C16H27NO/c1-12-8-14(3)15(9-13(12)2)10-17-11-16(4,5)6-7-18/h8-9,17-18H,6-7,10-11H2,1-5H3. The Bertz CT molecular complexity index is 396. The number of aliphatic hydroxyl groups excluding tert-OH is 1. The van der Waals surface area contributed by atoms with Gasteiger partial charge in [-0.2, -0.15) is 0 Å². The van der Waals surface area contributed by atoms with E-state index in [1.165, 1.54) is 22.3 Å². The SMILES string of the molecule is Cc1cc(C)c(CNCC(C)(C)CCO)cc1C. The molecule has 0 aliphatic carbocycles. The predicted molar refractivity (Wildman–Crippen MR) is 77.8 cm³/mol. The number of hydrogen-bond acceptors (Lipinski definition) is 2. The van der Waals surface area contributed by atoms with E-state index in [1.807, 2.05) is 0 Å². The lowest BCUT2D eigenvalue weighted by Gasteiger charge is -2.24. The van der Waals surface area contributed by atoms with Crippen LogP contribution < -0.4 is 5.32 Å². The Morgan fingerprint density at radius 1 is 1.06 bits per heavy atom. The lowest BCUT2D eigenvalue weighted by molar-refractivity contribution is 0.207. The molecular weight excluding hydrogens is 222 g/mol. The topological polar surface area (TPSA) is 32.3 Å². The summed E-state index contributed by atoms with van der Waals surface area (Å²) in [6.45, 7) is 13.0. The van der Waals surface area contributed by atoms with Crippen molar-refractivity contribution in [1.82, 2.24) is 5.32 Å². The molecule has 18 heavy (non-hydrogen) atoms. The third-order valence-corrected chi connectivity index (χ3v) is 3.66. The number of rotatable bonds is 6. The molecule has 2 nitrogen and oxygen atoms in total. The van der Waals surface area contributed by atoms with E-state index < -0.39 is 0 Å². The predicted octanol–water partition coefficient (Wildman–Crippen LogP) is 3.11. The molecular formula is C16H27NO. The van der Waals surface area contributed by atoms with Gasteiger partial charge in [0, 0.05) is 19.7 Å². The first-order valence-corrected chi connectivity index (χ1v) is 6.74. The normalized spacial score (nSPS) is 11.9. The summed E-state index contributed by atoms with van der Waals surface area (Å²) >= 11 is 0. The molecule has 0 atom stereocenters. The molecule has 1 aromatic rings. The zero-order valence-electron chi connectivity index (χ0n) is 12.4. The summed E-state index contributed by atoms with van der Waals surface area (Å²) in [7, 11) is 0. The van der Waals surface area contributed by atoms with E-state index >= 15 is 0 Å².